The Kier molecular flexibility index (Phi) is 4.48. The van der Waals surface area contributed by atoms with Crippen LogP contribution in [0, 0.1) is 23.7 Å². The molecular formula is C13H21NO4. The molecule has 0 aliphatic carbocycles. The summed E-state index contributed by atoms with van der Waals surface area (Å²) in [5.74, 6) is -2.58. The highest BCUT2D eigenvalue weighted by molar-refractivity contribution is 6.04. The number of carbonyl (C=O) groups excluding carboxylic acids is 2. The minimum atomic E-state index is -0.948. The van der Waals surface area contributed by atoms with Gasteiger partial charge in [0.1, 0.15) is 0 Å². The van der Waals surface area contributed by atoms with Crippen molar-refractivity contribution in [3.05, 3.63) is 0 Å². The molecule has 1 aliphatic heterocycles. The van der Waals surface area contributed by atoms with E-state index in [4.69, 9.17) is 5.11 Å². The number of likely N-dealkylation sites (tertiary alicyclic amines) is 1. The van der Waals surface area contributed by atoms with Gasteiger partial charge in [0.25, 0.3) is 0 Å². The van der Waals surface area contributed by atoms with Gasteiger partial charge in [-0.25, -0.2) is 0 Å². The van der Waals surface area contributed by atoms with E-state index in [1.807, 2.05) is 13.8 Å². The van der Waals surface area contributed by atoms with Crippen LogP contribution < -0.4 is 0 Å². The summed E-state index contributed by atoms with van der Waals surface area (Å²) in [4.78, 5) is 36.0. The largest absolute Gasteiger partial charge is 0.481 e. The summed E-state index contributed by atoms with van der Waals surface area (Å²) in [5.41, 5.74) is 0. The third-order valence-corrected chi connectivity index (χ3v) is 3.57. The van der Waals surface area contributed by atoms with E-state index in [1.165, 1.54) is 0 Å². The van der Waals surface area contributed by atoms with E-state index in [2.05, 4.69) is 0 Å². The van der Waals surface area contributed by atoms with E-state index in [1.54, 1.807) is 13.8 Å². The summed E-state index contributed by atoms with van der Waals surface area (Å²) in [5, 5.41) is 9.14. The highest BCUT2D eigenvalue weighted by Gasteiger charge is 2.43. The Morgan fingerprint density at radius 1 is 1.22 bits per heavy atom. The molecule has 3 atom stereocenters. The van der Waals surface area contributed by atoms with E-state index in [0.717, 1.165) is 4.90 Å². The number of amides is 2. The zero-order valence-electron chi connectivity index (χ0n) is 11.3. The molecular weight excluding hydrogens is 234 g/mol. The lowest BCUT2D eigenvalue weighted by molar-refractivity contribution is -0.146. The summed E-state index contributed by atoms with van der Waals surface area (Å²) in [6.45, 7) is 7.27. The second-order valence-electron chi connectivity index (χ2n) is 5.53. The number of carboxylic acids is 1. The number of nitrogens with zero attached hydrogens (tertiary/aromatic N) is 1. The highest BCUT2D eigenvalue weighted by atomic mass is 16.4. The van der Waals surface area contributed by atoms with Gasteiger partial charge in [0.15, 0.2) is 0 Å². The smallest absolute Gasteiger partial charge is 0.308 e. The molecule has 1 heterocycles. The molecule has 18 heavy (non-hydrogen) atoms. The third-order valence-electron chi connectivity index (χ3n) is 3.57. The molecule has 102 valence electrons. The van der Waals surface area contributed by atoms with E-state index >= 15 is 0 Å². The zero-order chi connectivity index (χ0) is 14.0. The molecule has 0 radical (unpaired) electrons. The van der Waals surface area contributed by atoms with Crippen LogP contribution in [0.5, 0.6) is 0 Å². The molecule has 1 saturated heterocycles. The van der Waals surface area contributed by atoms with Crippen LogP contribution >= 0.6 is 0 Å². The maximum Gasteiger partial charge on any atom is 0.308 e. The number of carbonyl (C=O) groups is 3. The van der Waals surface area contributed by atoms with Crippen molar-refractivity contribution >= 4 is 17.8 Å². The molecule has 1 N–H and O–H groups in total. The SMILES string of the molecule is CC(C)CC(CN1C(=O)C(C)C(C)C1=O)C(=O)O. The fourth-order valence-corrected chi connectivity index (χ4v) is 2.25. The van der Waals surface area contributed by atoms with Gasteiger partial charge in [0.2, 0.25) is 11.8 Å². The lowest BCUT2D eigenvalue weighted by atomic mass is 9.97. The van der Waals surface area contributed by atoms with Crippen LogP contribution in [0.1, 0.15) is 34.1 Å². The van der Waals surface area contributed by atoms with Gasteiger partial charge in [-0.3, -0.25) is 19.3 Å². The summed E-state index contributed by atoms with van der Waals surface area (Å²) in [6, 6.07) is 0. The molecule has 0 bridgehead atoms. The average Bonchev–Trinajstić information content (AvgIpc) is 2.45. The minimum absolute atomic E-state index is 0.000139. The third kappa shape index (κ3) is 2.89. The first-order valence-corrected chi connectivity index (χ1v) is 6.33. The lowest BCUT2D eigenvalue weighted by Gasteiger charge is -2.21. The van der Waals surface area contributed by atoms with E-state index in [9.17, 15) is 14.4 Å². The van der Waals surface area contributed by atoms with Crippen molar-refractivity contribution in [2.45, 2.75) is 34.1 Å². The number of carboxylic acid groups (broad SMARTS) is 1. The van der Waals surface area contributed by atoms with Crippen LogP contribution in [-0.4, -0.2) is 34.3 Å². The normalized spacial score (nSPS) is 25.9. The first kappa shape index (κ1) is 14.7. The molecule has 0 spiro atoms. The predicted molar refractivity (Wildman–Crippen MR) is 65.6 cm³/mol. The van der Waals surface area contributed by atoms with Crippen molar-refractivity contribution in [3.8, 4) is 0 Å². The first-order chi connectivity index (χ1) is 8.25. The van der Waals surface area contributed by atoms with Gasteiger partial charge in [-0.1, -0.05) is 27.7 Å². The van der Waals surface area contributed by atoms with Gasteiger partial charge < -0.3 is 5.11 Å². The van der Waals surface area contributed by atoms with Crippen molar-refractivity contribution < 1.29 is 19.5 Å². The molecule has 3 unspecified atom stereocenters. The van der Waals surface area contributed by atoms with E-state index < -0.39 is 11.9 Å². The molecule has 0 saturated carbocycles. The monoisotopic (exact) mass is 255 g/mol. The second kappa shape index (κ2) is 5.50. The van der Waals surface area contributed by atoms with Crippen molar-refractivity contribution in [2.24, 2.45) is 23.7 Å². The van der Waals surface area contributed by atoms with Gasteiger partial charge in [0.05, 0.1) is 5.92 Å². The van der Waals surface area contributed by atoms with Gasteiger partial charge in [-0.15, -0.1) is 0 Å². The molecule has 1 rings (SSSR count). The molecule has 0 aromatic rings. The molecule has 2 amide bonds. The quantitative estimate of drug-likeness (QED) is 0.753. The van der Waals surface area contributed by atoms with E-state index in [0.29, 0.717) is 6.42 Å². The maximum atomic E-state index is 11.9. The Morgan fingerprint density at radius 3 is 2.00 bits per heavy atom. The van der Waals surface area contributed by atoms with Gasteiger partial charge in [-0.05, 0) is 12.3 Å². The summed E-state index contributed by atoms with van der Waals surface area (Å²) < 4.78 is 0. The van der Waals surface area contributed by atoms with Crippen molar-refractivity contribution in [1.82, 2.24) is 4.90 Å². The standard InChI is InChI=1S/C13H21NO4/c1-7(2)5-10(13(17)18)6-14-11(15)8(3)9(4)12(14)16/h7-10H,5-6H2,1-4H3,(H,17,18). The van der Waals surface area contributed by atoms with Crippen molar-refractivity contribution in [2.75, 3.05) is 6.54 Å². The fourth-order valence-electron chi connectivity index (χ4n) is 2.25. The number of hydrogen-bond donors (Lipinski definition) is 1. The van der Waals surface area contributed by atoms with Gasteiger partial charge >= 0.3 is 5.97 Å². The molecule has 5 heteroatoms. The Morgan fingerprint density at radius 2 is 1.67 bits per heavy atom. The summed E-state index contributed by atoms with van der Waals surface area (Å²) in [6.07, 6.45) is 0.467. The zero-order valence-corrected chi connectivity index (χ0v) is 11.3. The summed E-state index contributed by atoms with van der Waals surface area (Å²) in [7, 11) is 0. The summed E-state index contributed by atoms with van der Waals surface area (Å²) >= 11 is 0. The van der Waals surface area contributed by atoms with Gasteiger partial charge in [-0.2, -0.15) is 0 Å². The van der Waals surface area contributed by atoms with Crippen LogP contribution in [0.4, 0.5) is 0 Å². The lowest BCUT2D eigenvalue weighted by Crippen LogP contribution is -2.38. The molecule has 5 nitrogen and oxygen atoms in total. The topological polar surface area (TPSA) is 74.7 Å². The van der Waals surface area contributed by atoms with Crippen LogP contribution in [0.2, 0.25) is 0 Å². The van der Waals surface area contributed by atoms with Crippen LogP contribution in [0.3, 0.4) is 0 Å². The number of hydrogen-bond acceptors (Lipinski definition) is 3. The molecule has 1 aliphatic rings. The number of imide groups is 1. The Bertz CT molecular complexity index is 344. The van der Waals surface area contributed by atoms with Crippen molar-refractivity contribution in [1.29, 1.82) is 0 Å². The van der Waals surface area contributed by atoms with Crippen LogP contribution in [0.15, 0.2) is 0 Å². The predicted octanol–water partition coefficient (Wildman–Crippen LogP) is 1.37. The molecule has 1 fully saturated rings. The Labute approximate surface area is 107 Å². The Balaban J connectivity index is 2.78. The van der Waals surface area contributed by atoms with Crippen LogP contribution in [0.25, 0.3) is 0 Å². The first-order valence-electron chi connectivity index (χ1n) is 6.33. The highest BCUT2D eigenvalue weighted by Crippen LogP contribution is 2.27. The second-order valence-corrected chi connectivity index (χ2v) is 5.53. The number of aliphatic carboxylic acids is 1. The maximum absolute atomic E-state index is 11.9. The molecule has 0 aromatic heterocycles. The fraction of sp³-hybridized carbons (Fsp3) is 0.769. The molecule has 0 aromatic carbocycles. The minimum Gasteiger partial charge on any atom is -0.481 e. The van der Waals surface area contributed by atoms with Crippen LogP contribution in [-0.2, 0) is 14.4 Å². The van der Waals surface area contributed by atoms with Gasteiger partial charge in [0, 0.05) is 18.4 Å². The average molecular weight is 255 g/mol. The van der Waals surface area contributed by atoms with E-state index in [-0.39, 0.29) is 36.1 Å². The van der Waals surface area contributed by atoms with Crippen molar-refractivity contribution in [3.63, 3.8) is 0 Å². The Hall–Kier alpha value is -1.39. The number of rotatable bonds is 5.